The number of ether oxygens (including phenoxy) is 3. The van der Waals surface area contributed by atoms with Crippen LogP contribution in [-0.2, 0) is 16.1 Å². The molecule has 0 saturated heterocycles. The molecule has 3 aromatic rings. The molecule has 1 aromatic heterocycles. The van der Waals surface area contributed by atoms with Gasteiger partial charge in [-0.05, 0) is 42.7 Å². The Morgan fingerprint density at radius 1 is 0.933 bits per heavy atom. The first-order chi connectivity index (χ1) is 14.7. The highest BCUT2D eigenvalue weighted by Crippen LogP contribution is 2.27. The van der Waals surface area contributed by atoms with Gasteiger partial charge in [-0.25, -0.2) is 4.39 Å². The van der Waals surface area contributed by atoms with Crippen LogP contribution < -0.4 is 4.74 Å². The monoisotopic (exact) mass is 413 g/mol. The molecule has 0 radical (unpaired) electrons. The number of halogens is 1. The lowest BCUT2D eigenvalue weighted by Gasteiger charge is -2.07. The molecule has 2 aromatic carbocycles. The molecule has 160 valence electrons. The largest absolute Gasteiger partial charge is 0.491 e. The Labute approximate surface area is 176 Å². The molecule has 7 heteroatoms. The van der Waals surface area contributed by atoms with Crippen molar-refractivity contribution < 1.29 is 23.1 Å². The van der Waals surface area contributed by atoms with Crippen molar-refractivity contribution in [2.45, 2.75) is 26.9 Å². The summed E-state index contributed by atoms with van der Waals surface area (Å²) in [6, 6.07) is 13.4. The fourth-order valence-electron chi connectivity index (χ4n) is 2.86. The van der Waals surface area contributed by atoms with E-state index < -0.39 is 6.67 Å². The number of aromatic nitrogens is 2. The minimum atomic E-state index is -0.521. The van der Waals surface area contributed by atoms with Gasteiger partial charge in [0.1, 0.15) is 19.0 Å². The molecule has 0 bridgehead atoms. The fraction of sp³-hybridized carbons (Fsp3) is 0.391. The Balaban J connectivity index is 1.58. The molecule has 0 aliphatic rings. The Kier molecular flexibility index (Phi) is 8.35. The molecule has 0 amide bonds. The number of hydrogen-bond acceptors (Lipinski definition) is 6. The highest BCUT2D eigenvalue weighted by atomic mass is 18.2. The summed E-state index contributed by atoms with van der Waals surface area (Å²) < 4.78 is 34.1. The summed E-state index contributed by atoms with van der Waals surface area (Å²) in [6.07, 6.45) is 1.01. The van der Waals surface area contributed by atoms with Crippen LogP contribution in [0.2, 0.25) is 0 Å². The van der Waals surface area contributed by atoms with Crippen LogP contribution in [-0.4, -0.2) is 43.2 Å². The maximum Gasteiger partial charge on any atom is 0.258 e. The second-order valence-electron chi connectivity index (χ2n) is 6.80. The van der Waals surface area contributed by atoms with E-state index in [9.17, 15) is 4.39 Å². The molecule has 1 heterocycles. The van der Waals surface area contributed by atoms with E-state index in [-0.39, 0.29) is 6.61 Å². The molecule has 3 rings (SSSR count). The van der Waals surface area contributed by atoms with Gasteiger partial charge in [0, 0.05) is 17.7 Å². The van der Waals surface area contributed by atoms with Gasteiger partial charge in [-0.2, -0.15) is 4.98 Å². The first-order valence-electron chi connectivity index (χ1n) is 10.1. The third-order valence-electron chi connectivity index (χ3n) is 4.38. The van der Waals surface area contributed by atoms with Crippen molar-refractivity contribution in [3.8, 4) is 28.6 Å². The molecule has 0 fully saturated rings. The predicted molar refractivity (Wildman–Crippen MR) is 112 cm³/mol. The van der Waals surface area contributed by atoms with E-state index in [0.717, 1.165) is 35.3 Å². The van der Waals surface area contributed by atoms with Crippen molar-refractivity contribution >= 4 is 0 Å². The SMILES string of the molecule is CCCOCCOCc1ccc(-c2noc(-c3ccc(OCC[18F])c(C)c3)n2)cc1. The fourth-order valence-corrected chi connectivity index (χ4v) is 2.86. The van der Waals surface area contributed by atoms with Gasteiger partial charge in [0.15, 0.2) is 0 Å². The summed E-state index contributed by atoms with van der Waals surface area (Å²) in [5.41, 5.74) is 3.59. The van der Waals surface area contributed by atoms with E-state index in [4.69, 9.17) is 18.7 Å². The first-order valence-corrected chi connectivity index (χ1v) is 10.1. The van der Waals surface area contributed by atoms with Crippen molar-refractivity contribution in [1.29, 1.82) is 0 Å². The van der Waals surface area contributed by atoms with Gasteiger partial charge in [0.2, 0.25) is 5.82 Å². The van der Waals surface area contributed by atoms with Gasteiger partial charge in [0.25, 0.3) is 5.89 Å². The Morgan fingerprint density at radius 2 is 1.70 bits per heavy atom. The zero-order valence-electron chi connectivity index (χ0n) is 17.4. The van der Waals surface area contributed by atoms with Crippen LogP contribution in [0.15, 0.2) is 47.0 Å². The van der Waals surface area contributed by atoms with Crippen LogP contribution in [0.4, 0.5) is 4.39 Å². The first kappa shape index (κ1) is 21.9. The van der Waals surface area contributed by atoms with Gasteiger partial charge in [-0.1, -0.05) is 36.3 Å². The van der Waals surface area contributed by atoms with Crippen LogP contribution in [0.5, 0.6) is 5.75 Å². The van der Waals surface area contributed by atoms with Crippen LogP contribution in [0, 0.1) is 6.92 Å². The molecule has 30 heavy (non-hydrogen) atoms. The molecule has 0 aliphatic heterocycles. The average molecular weight is 413 g/mol. The third kappa shape index (κ3) is 6.11. The maximum absolute atomic E-state index is 12.3. The minimum Gasteiger partial charge on any atom is -0.491 e. The van der Waals surface area contributed by atoms with Crippen molar-refractivity contribution in [2.24, 2.45) is 0 Å². The van der Waals surface area contributed by atoms with Crippen molar-refractivity contribution in [1.82, 2.24) is 10.1 Å². The van der Waals surface area contributed by atoms with Crippen LogP contribution >= 0.6 is 0 Å². The summed E-state index contributed by atoms with van der Waals surface area (Å²) in [4.78, 5) is 4.49. The zero-order valence-corrected chi connectivity index (χ0v) is 17.4. The summed E-state index contributed by atoms with van der Waals surface area (Å²) in [5, 5.41) is 4.08. The second kappa shape index (κ2) is 11.4. The summed E-state index contributed by atoms with van der Waals surface area (Å²) in [6.45, 7) is 5.98. The van der Waals surface area contributed by atoms with Gasteiger partial charge >= 0.3 is 0 Å². The van der Waals surface area contributed by atoms with E-state index in [1.54, 1.807) is 6.07 Å². The lowest BCUT2D eigenvalue weighted by atomic mass is 10.1. The summed E-state index contributed by atoms with van der Waals surface area (Å²) in [5.74, 6) is 1.58. The normalized spacial score (nSPS) is 11.0. The molecular formula is C23H27FN2O4. The molecule has 0 aliphatic carbocycles. The Hall–Kier alpha value is -2.77. The highest BCUT2D eigenvalue weighted by Gasteiger charge is 2.12. The summed E-state index contributed by atoms with van der Waals surface area (Å²) >= 11 is 0. The molecule has 0 N–H and O–H groups in total. The molecular weight excluding hydrogens is 386 g/mol. The van der Waals surface area contributed by atoms with Crippen LogP contribution in [0.3, 0.4) is 0 Å². The van der Waals surface area contributed by atoms with Crippen molar-refractivity contribution in [3.05, 3.63) is 53.6 Å². The quantitative estimate of drug-likeness (QED) is 0.389. The van der Waals surface area contributed by atoms with Crippen LogP contribution in [0.25, 0.3) is 22.8 Å². The number of nitrogens with zero attached hydrogens (tertiary/aromatic N) is 2. The predicted octanol–water partition coefficient (Wildman–Crippen LogP) is 5.00. The van der Waals surface area contributed by atoms with Crippen molar-refractivity contribution in [2.75, 3.05) is 33.1 Å². The highest BCUT2D eigenvalue weighted by molar-refractivity contribution is 5.61. The second-order valence-corrected chi connectivity index (χ2v) is 6.80. The topological polar surface area (TPSA) is 66.6 Å². The Morgan fingerprint density at radius 3 is 2.43 bits per heavy atom. The standard InChI is InChI=1S/C23H27FN2O4/c1-3-11-27-13-14-28-16-18-4-6-19(7-5-18)22-25-23(30-26-22)20-8-9-21(17(2)15-20)29-12-10-24/h4-9,15H,3,10-14,16H2,1-2H3/i24-1. The van der Waals surface area contributed by atoms with Crippen molar-refractivity contribution in [3.63, 3.8) is 0 Å². The van der Waals surface area contributed by atoms with Gasteiger partial charge in [-0.3, -0.25) is 0 Å². The van der Waals surface area contributed by atoms with E-state index in [0.29, 0.717) is 37.3 Å². The van der Waals surface area contributed by atoms with E-state index >= 15 is 0 Å². The van der Waals surface area contributed by atoms with E-state index in [1.165, 1.54) is 0 Å². The van der Waals surface area contributed by atoms with E-state index in [1.807, 2.05) is 43.3 Å². The average Bonchev–Trinajstić information content (AvgIpc) is 3.26. The smallest absolute Gasteiger partial charge is 0.258 e. The lowest BCUT2D eigenvalue weighted by molar-refractivity contribution is 0.0408. The zero-order chi connectivity index (χ0) is 21.2. The van der Waals surface area contributed by atoms with Gasteiger partial charge in [0.05, 0.1) is 19.8 Å². The van der Waals surface area contributed by atoms with E-state index in [2.05, 4.69) is 17.1 Å². The number of alkyl halides is 1. The number of hydrogen-bond donors (Lipinski definition) is 0. The van der Waals surface area contributed by atoms with Crippen LogP contribution in [0.1, 0.15) is 24.5 Å². The van der Waals surface area contributed by atoms with Gasteiger partial charge < -0.3 is 18.7 Å². The summed E-state index contributed by atoms with van der Waals surface area (Å²) in [7, 11) is 0. The number of rotatable bonds is 12. The lowest BCUT2D eigenvalue weighted by Crippen LogP contribution is -2.04. The van der Waals surface area contributed by atoms with Gasteiger partial charge in [-0.15, -0.1) is 0 Å². The molecule has 0 unspecified atom stereocenters. The molecule has 6 nitrogen and oxygen atoms in total. The number of aryl methyl sites for hydroxylation is 1. The minimum absolute atomic E-state index is 0.0402. The number of benzene rings is 2. The molecule has 0 saturated carbocycles. The molecule has 0 atom stereocenters. The Bertz CT molecular complexity index is 912. The third-order valence-corrected chi connectivity index (χ3v) is 4.38. The maximum atomic E-state index is 12.3. The molecule has 0 spiro atoms.